The van der Waals surface area contributed by atoms with E-state index in [1.807, 2.05) is 0 Å². The quantitative estimate of drug-likeness (QED) is 0.0261. The molecule has 1 atom stereocenters. The molecule has 78 heavy (non-hydrogen) atoms. The van der Waals surface area contributed by atoms with Crippen LogP contribution >= 0.6 is 0 Å². The van der Waals surface area contributed by atoms with E-state index in [9.17, 15) is 14.4 Å². The maximum absolute atomic E-state index is 12.9. The first kappa shape index (κ1) is 73.8. The highest BCUT2D eigenvalue weighted by Gasteiger charge is 2.19. The summed E-state index contributed by atoms with van der Waals surface area (Å²) in [4.78, 5) is 38.3. The van der Waals surface area contributed by atoms with Crippen LogP contribution in [0.3, 0.4) is 0 Å². The molecule has 0 bridgehead atoms. The zero-order valence-electron chi connectivity index (χ0n) is 50.9. The monoisotopic (exact) mass is 1080 g/mol. The van der Waals surface area contributed by atoms with Crippen molar-refractivity contribution in [1.82, 2.24) is 0 Å². The smallest absolute Gasteiger partial charge is 0.306 e. The second-order valence-electron chi connectivity index (χ2n) is 21.3. The van der Waals surface area contributed by atoms with E-state index in [-0.39, 0.29) is 44.0 Å². The molecule has 0 aromatic heterocycles. The molecule has 0 aliphatic rings. The minimum atomic E-state index is -0.822. The first-order valence-electron chi connectivity index (χ1n) is 32.5. The number of allylic oxidation sites excluding steroid dienone is 20. The van der Waals surface area contributed by atoms with Crippen molar-refractivity contribution < 1.29 is 28.6 Å². The molecule has 0 fully saturated rings. The fraction of sp³-hybridized carbons (Fsp3) is 0.681. The molecule has 0 aromatic rings. The lowest BCUT2D eigenvalue weighted by Gasteiger charge is -2.18. The van der Waals surface area contributed by atoms with Gasteiger partial charge in [-0.3, -0.25) is 14.4 Å². The van der Waals surface area contributed by atoms with Gasteiger partial charge in [0.2, 0.25) is 0 Å². The zero-order valence-corrected chi connectivity index (χ0v) is 50.9. The lowest BCUT2D eigenvalue weighted by molar-refractivity contribution is -0.167. The molecule has 0 heterocycles. The number of carbonyl (C=O) groups is 3. The van der Waals surface area contributed by atoms with Gasteiger partial charge in [0.25, 0.3) is 0 Å². The number of hydrogen-bond acceptors (Lipinski definition) is 6. The molecule has 0 radical (unpaired) electrons. The molecule has 0 rings (SSSR count). The number of unbranched alkanes of at least 4 members (excludes halogenated alkanes) is 27. The molecule has 0 saturated carbocycles. The molecule has 0 aliphatic carbocycles. The van der Waals surface area contributed by atoms with Crippen LogP contribution in [0.25, 0.3) is 0 Å². The van der Waals surface area contributed by atoms with Gasteiger partial charge in [-0.1, -0.05) is 296 Å². The summed E-state index contributed by atoms with van der Waals surface area (Å²) >= 11 is 0. The van der Waals surface area contributed by atoms with Gasteiger partial charge in [0.1, 0.15) is 13.2 Å². The standard InChI is InChI=1S/C72H120O6/c1-4-7-10-13-16-19-22-25-28-31-33-34-35-36-37-39-41-44-47-50-53-56-59-62-65-71(74)77-68-69(67-76-70(73)64-61-58-55-52-49-46-43-40-30-27-24-21-18-15-12-9-6-3)78-72(75)66-63-60-57-54-51-48-45-42-38-32-29-26-23-20-17-14-11-8-5-2/h8-9,11-12,17-18,20-21,26-27,29-30,38,42-43,46,48,51-52,55,69H,4-7,10,13-16,19,22-25,28,31-37,39-41,44-45,47,49-50,53-54,56-68H2,1-3H3/b11-8-,12-9-,20-17-,21-18-,29-26-,30-27-,42-38-,46-43-,51-48-,55-52-. The largest absolute Gasteiger partial charge is 0.462 e. The van der Waals surface area contributed by atoms with Crippen LogP contribution in [-0.2, 0) is 28.6 Å². The normalized spacial score (nSPS) is 12.9. The van der Waals surface area contributed by atoms with Crippen LogP contribution in [0.15, 0.2) is 122 Å². The molecule has 0 N–H and O–H groups in total. The van der Waals surface area contributed by atoms with E-state index >= 15 is 0 Å². The first-order chi connectivity index (χ1) is 38.5. The van der Waals surface area contributed by atoms with Crippen molar-refractivity contribution in [2.24, 2.45) is 0 Å². The summed E-state index contributed by atoms with van der Waals surface area (Å²) in [7, 11) is 0. The summed E-state index contributed by atoms with van der Waals surface area (Å²) in [5.74, 6) is -0.997. The summed E-state index contributed by atoms with van der Waals surface area (Å²) in [6.45, 7) is 6.36. The van der Waals surface area contributed by atoms with Gasteiger partial charge in [-0.05, 0) is 103 Å². The minimum absolute atomic E-state index is 0.110. The highest BCUT2D eigenvalue weighted by atomic mass is 16.6. The van der Waals surface area contributed by atoms with E-state index in [0.29, 0.717) is 19.3 Å². The second-order valence-corrected chi connectivity index (χ2v) is 21.3. The number of carbonyl (C=O) groups excluding carboxylic acids is 3. The van der Waals surface area contributed by atoms with E-state index in [2.05, 4.69) is 142 Å². The van der Waals surface area contributed by atoms with Crippen LogP contribution in [0.2, 0.25) is 0 Å². The van der Waals surface area contributed by atoms with Crippen molar-refractivity contribution in [3.05, 3.63) is 122 Å². The van der Waals surface area contributed by atoms with Gasteiger partial charge >= 0.3 is 17.9 Å². The summed E-state index contributed by atoms with van der Waals surface area (Å²) in [5, 5.41) is 0. The molecule has 1 unspecified atom stereocenters. The van der Waals surface area contributed by atoms with Gasteiger partial charge in [-0.15, -0.1) is 0 Å². The maximum Gasteiger partial charge on any atom is 0.306 e. The molecular weight excluding hydrogens is 961 g/mol. The van der Waals surface area contributed by atoms with Crippen molar-refractivity contribution in [2.75, 3.05) is 13.2 Å². The second kappa shape index (κ2) is 65.3. The predicted octanol–water partition coefficient (Wildman–Crippen LogP) is 22.4. The van der Waals surface area contributed by atoms with Crippen LogP contribution in [-0.4, -0.2) is 37.2 Å². The molecule has 0 spiro atoms. The number of hydrogen-bond donors (Lipinski definition) is 0. The van der Waals surface area contributed by atoms with Crippen molar-refractivity contribution in [3.8, 4) is 0 Å². The van der Waals surface area contributed by atoms with E-state index in [4.69, 9.17) is 14.2 Å². The molecule has 6 heteroatoms. The van der Waals surface area contributed by atoms with Gasteiger partial charge in [-0.25, -0.2) is 0 Å². The number of esters is 3. The molecule has 444 valence electrons. The molecule has 0 saturated heterocycles. The highest BCUT2D eigenvalue weighted by molar-refractivity contribution is 5.71. The Morgan fingerprint density at radius 1 is 0.269 bits per heavy atom. The Balaban J connectivity index is 4.45. The Hall–Kier alpha value is -4.19. The van der Waals surface area contributed by atoms with E-state index < -0.39 is 6.10 Å². The summed E-state index contributed by atoms with van der Waals surface area (Å²) in [6, 6.07) is 0. The predicted molar refractivity (Wildman–Crippen MR) is 339 cm³/mol. The number of rotatable bonds is 58. The van der Waals surface area contributed by atoms with Crippen molar-refractivity contribution >= 4 is 17.9 Å². The third kappa shape index (κ3) is 62.7. The van der Waals surface area contributed by atoms with Crippen LogP contribution in [0.1, 0.15) is 297 Å². The lowest BCUT2D eigenvalue weighted by Crippen LogP contribution is -2.30. The van der Waals surface area contributed by atoms with E-state index in [1.165, 1.54) is 135 Å². The van der Waals surface area contributed by atoms with Gasteiger partial charge in [0, 0.05) is 19.3 Å². The first-order valence-corrected chi connectivity index (χ1v) is 32.5. The van der Waals surface area contributed by atoms with Crippen molar-refractivity contribution in [3.63, 3.8) is 0 Å². The Bertz CT molecular complexity index is 1620. The molecular formula is C72H120O6. The van der Waals surface area contributed by atoms with Gasteiger partial charge < -0.3 is 14.2 Å². The third-order valence-electron chi connectivity index (χ3n) is 13.7. The Morgan fingerprint density at radius 2 is 0.513 bits per heavy atom. The van der Waals surface area contributed by atoms with Crippen molar-refractivity contribution in [2.45, 2.75) is 303 Å². The molecule has 0 aliphatic heterocycles. The van der Waals surface area contributed by atoms with Crippen LogP contribution in [0.4, 0.5) is 0 Å². The minimum Gasteiger partial charge on any atom is -0.462 e. The molecule has 6 nitrogen and oxygen atoms in total. The van der Waals surface area contributed by atoms with Crippen LogP contribution < -0.4 is 0 Å². The third-order valence-corrected chi connectivity index (χ3v) is 13.7. The van der Waals surface area contributed by atoms with Gasteiger partial charge in [0.05, 0.1) is 0 Å². The SMILES string of the molecule is CC/C=C\C/C=C\C/C=C\C/C=C\C/C=C\CCCCCC(=O)OC(COC(=O)CCC/C=C\C/C=C\C/C=C\C/C=C\C/C=C\CC)COC(=O)CCCCCCCCCCCCCCCCCCCCCCCCCC. The zero-order chi connectivity index (χ0) is 56.4. The Labute approximate surface area is 482 Å². The maximum atomic E-state index is 12.9. The van der Waals surface area contributed by atoms with Crippen LogP contribution in [0.5, 0.6) is 0 Å². The average molecular weight is 1080 g/mol. The topological polar surface area (TPSA) is 78.9 Å². The van der Waals surface area contributed by atoms with Gasteiger partial charge in [0.15, 0.2) is 6.10 Å². The van der Waals surface area contributed by atoms with Crippen molar-refractivity contribution in [1.29, 1.82) is 0 Å². The van der Waals surface area contributed by atoms with Gasteiger partial charge in [-0.2, -0.15) is 0 Å². The summed E-state index contributed by atoms with van der Waals surface area (Å²) in [6.07, 6.45) is 90.8. The lowest BCUT2D eigenvalue weighted by atomic mass is 10.0. The highest BCUT2D eigenvalue weighted by Crippen LogP contribution is 2.17. The Kier molecular flexibility index (Phi) is 61.8. The van der Waals surface area contributed by atoms with Crippen LogP contribution in [0, 0.1) is 0 Å². The molecule has 0 amide bonds. The summed E-state index contributed by atoms with van der Waals surface area (Å²) in [5.41, 5.74) is 0. The summed E-state index contributed by atoms with van der Waals surface area (Å²) < 4.78 is 16.9. The van der Waals surface area contributed by atoms with E-state index in [0.717, 1.165) is 109 Å². The fourth-order valence-corrected chi connectivity index (χ4v) is 8.92. The number of ether oxygens (including phenoxy) is 3. The fourth-order valence-electron chi connectivity index (χ4n) is 8.92. The molecule has 0 aromatic carbocycles. The Morgan fingerprint density at radius 3 is 0.833 bits per heavy atom. The van der Waals surface area contributed by atoms with E-state index in [1.54, 1.807) is 0 Å². The average Bonchev–Trinajstić information content (AvgIpc) is 3.44.